The molecule has 1 nitrogen and oxygen atoms in total. The summed E-state index contributed by atoms with van der Waals surface area (Å²) in [7, 11) is 3.50. The van der Waals surface area contributed by atoms with Crippen molar-refractivity contribution < 1.29 is 2.85 Å². The Hall–Kier alpha value is -10.9. The molecule has 0 radical (unpaired) electrons. The van der Waals surface area contributed by atoms with Crippen LogP contribution in [0.1, 0.15) is 79.9 Å². The van der Waals surface area contributed by atoms with Crippen LogP contribution in [0.25, 0.3) is 215 Å². The third kappa shape index (κ3) is 6.79. The first-order valence-electron chi connectivity index (χ1n) is 49.7. The third-order valence-electron chi connectivity index (χ3n) is 44.5. The maximum Gasteiger partial charge on any atom is 2.00 e. The van der Waals surface area contributed by atoms with Gasteiger partial charge in [-0.3, -0.25) is 0 Å². The van der Waals surface area contributed by atoms with Gasteiger partial charge in [-0.15, -0.1) is 0 Å². The van der Waals surface area contributed by atoms with Crippen molar-refractivity contribution in [3.05, 3.63) is 291 Å². The minimum atomic E-state index is 0. The molecule has 0 aromatic heterocycles. The summed E-state index contributed by atoms with van der Waals surface area (Å²) in [6, 6.07) is 108. The van der Waals surface area contributed by atoms with Gasteiger partial charge in [0.05, 0.1) is 0 Å². The molecule has 606 valence electrons. The first-order chi connectivity index (χ1) is 63.2. The average Bonchev–Trinajstić information content (AvgIpc) is 0.542. The molecule has 0 amide bonds. The van der Waals surface area contributed by atoms with Gasteiger partial charge in [0, 0.05) is 0 Å². The van der Waals surface area contributed by atoms with Crippen LogP contribution >= 0.6 is 0 Å². The number of benzene rings is 24. The van der Waals surface area contributed by atoms with Crippen LogP contribution in [0.2, 0.25) is 0 Å². The van der Waals surface area contributed by atoms with Crippen LogP contribution in [0.4, 0.5) is 0 Å². The molecule has 0 aliphatic heterocycles. The zero-order valence-electron chi connectivity index (χ0n) is 74.3. The molecule has 26 bridgehead atoms. The summed E-state index contributed by atoms with van der Waals surface area (Å²) in [5.41, 5.74) is 7.37. The molecule has 27 aliphatic carbocycles. The zero-order valence-corrected chi connectivity index (χ0v) is 73.7. The molecule has 0 saturated heterocycles. The summed E-state index contributed by atoms with van der Waals surface area (Å²) in [6.45, 7) is 0. The van der Waals surface area contributed by atoms with E-state index >= 15 is 0 Å². The van der Waals surface area contributed by atoms with E-state index in [1.165, 1.54) is 322 Å². The second-order valence-electron chi connectivity index (χ2n) is 47.3. The van der Waals surface area contributed by atoms with Gasteiger partial charge in [-0.05, 0) is 491 Å². The summed E-state index contributed by atoms with van der Waals surface area (Å²) >= 11 is 0. The first-order valence-corrected chi connectivity index (χ1v) is 49.7. The molecule has 129 heavy (non-hydrogen) atoms. The fourth-order valence-electron chi connectivity index (χ4n) is 45.8. The standard InChI is InChI=1S/C38H42.4C22H12.BN.Mg.2H/c1-13-4-31-10-33-6-14-2-17-21(33)25-19(31)16(1)20-26-22-18-3-15-7-34(22)11-32(20,5-13)28(31)38-29(33)35(8-14)12-36(9-15,30(34)38)24(18)27(23(17)35)37(25,26)38;4*1-3-13-7-9-18-12-16-6-2-4-14-8-10-17-11-15(5-1)19(13)21(18)22(17)20(14)16;1-2;;;/h13-30H,1-12H2;4*1-12H;;;;/q;;;;;;+2;2*-1/t13?,14?,15?,16?,17?,18?,19-,20+,21+,22-,23-,24+,25?,26?,27?,28?,29?,30?,31-,32-,33-,34+,35+,36-,37?,38?;;;;;;;;/m0......../s1. The minimum Gasteiger partial charge on any atom is -1.00 e. The second-order valence-corrected chi connectivity index (χ2v) is 47.3. The van der Waals surface area contributed by atoms with Crippen LogP contribution in [0.3, 0.4) is 0 Å². The molecule has 27 saturated carbocycles. The van der Waals surface area contributed by atoms with Gasteiger partial charge in [0.25, 0.3) is 0 Å². The number of nitrogens with zero attached hydrogens (tertiary/aromatic N) is 1. The summed E-state index contributed by atoms with van der Waals surface area (Å²) in [4.78, 5) is 0. The van der Waals surface area contributed by atoms with Gasteiger partial charge in [-0.1, -0.05) is 243 Å². The Bertz CT molecular complexity index is 7840. The minimum absolute atomic E-state index is 0. The van der Waals surface area contributed by atoms with E-state index in [4.69, 9.17) is 5.16 Å². The molecule has 0 N–H and O–H groups in total. The van der Waals surface area contributed by atoms with Gasteiger partial charge in [0.2, 0.25) is 0 Å². The maximum absolute atomic E-state index is 6.50. The molecule has 0 heterocycles. The Labute approximate surface area is 766 Å². The monoisotopic (exact) mass is 1650 g/mol. The van der Waals surface area contributed by atoms with Crippen molar-refractivity contribution in [1.82, 2.24) is 0 Å². The van der Waals surface area contributed by atoms with Crippen LogP contribution in [-0.2, 0) is 0 Å². The molecule has 26 atom stereocenters. The van der Waals surface area contributed by atoms with Gasteiger partial charge in [-0.25, -0.2) is 0 Å². The van der Waals surface area contributed by atoms with Crippen molar-refractivity contribution in [2.45, 2.75) is 77.0 Å². The van der Waals surface area contributed by atoms with Crippen molar-refractivity contribution in [2.75, 3.05) is 0 Å². The van der Waals surface area contributed by atoms with E-state index < -0.39 is 0 Å². The van der Waals surface area contributed by atoms with Crippen LogP contribution in [0, 0.1) is 155 Å². The first kappa shape index (κ1) is 69.1. The van der Waals surface area contributed by atoms with Crippen LogP contribution in [0.5, 0.6) is 0 Å². The van der Waals surface area contributed by atoms with E-state index in [-0.39, 0.29) is 25.9 Å². The SMILES string of the molecule is B#N.C1C2C[C@@]34C[C@@]56CC7CC8[C@@H]9C%10[C@@H]%11C%12CC%13C[C@@]%14%15C[C@@]%16(C2)C3C2(C5[C@@]9(C7)C[C@]%11(C%13)C2%14)C%102C([C@@H]%12%15)[C@@H]%16C1[C@@H]4C2[C@H]86.[H-].[H-].[Mg+2].c1cc2ccc3cc4cccc5ccc6cc(c1)c2c3c6c54.c1cc2ccc3cc4cccc5ccc6cc(c1)c2c3c6c54.c1cc2ccc3cc4cccc5ccc6cc(c1)c2c3c6c54.c1cc2ccc3cc4cccc5ccc6cc(c1)c2c3c6c54. The fraction of sp³-hybridized carbons (Fsp3) is 0.302. The summed E-state index contributed by atoms with van der Waals surface area (Å²) in [5, 5.41) is 61.4. The molecule has 51 rings (SSSR count). The molecule has 8 spiro atoms. The van der Waals surface area contributed by atoms with Crippen LogP contribution in [-0.4, -0.2) is 30.5 Å². The van der Waals surface area contributed by atoms with Gasteiger partial charge >= 0.3 is 35.7 Å². The van der Waals surface area contributed by atoms with E-state index in [0.29, 0.717) is 0 Å². The van der Waals surface area contributed by atoms with E-state index in [0.717, 1.165) is 43.3 Å². The van der Waals surface area contributed by atoms with Gasteiger partial charge in [-0.2, -0.15) is 0 Å². The van der Waals surface area contributed by atoms with Crippen LogP contribution in [0.15, 0.2) is 291 Å². The zero-order chi connectivity index (χ0) is 81.9. The van der Waals surface area contributed by atoms with E-state index in [2.05, 4.69) is 299 Å². The fourth-order valence-corrected chi connectivity index (χ4v) is 45.8. The molecule has 27 aliphatic rings. The summed E-state index contributed by atoms with van der Waals surface area (Å²) in [5.74, 6) is 22.9. The van der Waals surface area contributed by atoms with Gasteiger partial charge in [0.15, 0.2) is 0 Å². The normalized spacial score (nSPS) is 37.8. The Morgan fingerprint density at radius 2 is 0.333 bits per heavy atom. The quantitative estimate of drug-likeness (QED) is 0.0843. The number of hydrogen-bond donors (Lipinski definition) is 0. The largest absolute Gasteiger partial charge is 2.00 e. The predicted octanol–water partition coefficient (Wildman–Crippen LogP) is 31.7. The maximum atomic E-state index is 6.50. The van der Waals surface area contributed by atoms with Crippen molar-refractivity contribution in [2.24, 2.45) is 150 Å². The molecule has 3 heteroatoms. The van der Waals surface area contributed by atoms with E-state index in [1.807, 2.05) is 19.3 Å². The number of hydrogen-bond acceptors (Lipinski definition) is 1. The smallest absolute Gasteiger partial charge is 1.00 e. The van der Waals surface area contributed by atoms with Gasteiger partial charge < -0.3 is 2.85 Å². The van der Waals surface area contributed by atoms with E-state index in [1.54, 1.807) is 57.8 Å². The number of rotatable bonds is 0. The molecule has 24 aromatic rings. The molecule has 14 unspecified atom stereocenters. The van der Waals surface area contributed by atoms with Crippen molar-refractivity contribution in [3.63, 3.8) is 0 Å². The molecular weight excluding hydrogens is 1560 g/mol. The Morgan fingerprint density at radius 1 is 0.186 bits per heavy atom. The molecule has 27 fully saturated rings. The van der Waals surface area contributed by atoms with Crippen LogP contribution < -0.4 is 0 Å². The third-order valence-corrected chi connectivity index (χ3v) is 44.5. The van der Waals surface area contributed by atoms with Crippen molar-refractivity contribution >= 4 is 246 Å². The summed E-state index contributed by atoms with van der Waals surface area (Å²) < 4.78 is 0. The predicted molar refractivity (Wildman–Crippen MR) is 539 cm³/mol. The Morgan fingerprint density at radius 3 is 0.504 bits per heavy atom. The van der Waals surface area contributed by atoms with Crippen molar-refractivity contribution in [1.29, 1.82) is 5.16 Å². The van der Waals surface area contributed by atoms with Gasteiger partial charge in [0.1, 0.15) is 0 Å². The Kier molecular flexibility index (Phi) is 11.5. The average molecular weight is 1660 g/mol. The topological polar surface area (TPSA) is 23.8 Å². The van der Waals surface area contributed by atoms with Crippen molar-refractivity contribution in [3.8, 4) is 0 Å². The van der Waals surface area contributed by atoms with E-state index in [9.17, 15) is 0 Å². The molecule has 24 aromatic carbocycles. The summed E-state index contributed by atoms with van der Waals surface area (Å²) in [6.07, 6.45) is 21.7. The second kappa shape index (κ2) is 21.5. The Balaban J connectivity index is 0.0000000745. The molecular formula is C126H92BMgN.